The summed E-state index contributed by atoms with van der Waals surface area (Å²) >= 11 is 6.26. The number of rotatable bonds is 6. The molecule has 0 fully saturated rings. The van der Waals surface area contributed by atoms with Gasteiger partial charge < -0.3 is 48.1 Å². The normalized spacial score (nSPS) is 15.2. The summed E-state index contributed by atoms with van der Waals surface area (Å²) in [6, 6.07) is 9.95. The van der Waals surface area contributed by atoms with Gasteiger partial charge >= 0.3 is 0 Å². The summed E-state index contributed by atoms with van der Waals surface area (Å²) in [6.07, 6.45) is 0. The summed E-state index contributed by atoms with van der Waals surface area (Å²) in [6.45, 7) is 0.539. The van der Waals surface area contributed by atoms with E-state index in [-0.39, 0.29) is 35.8 Å². The van der Waals surface area contributed by atoms with E-state index in [4.69, 9.17) is 25.8 Å². The molecule has 0 saturated carbocycles. The Kier molecular flexibility index (Phi) is 7.40. The van der Waals surface area contributed by atoms with Crippen molar-refractivity contribution in [1.82, 2.24) is 9.47 Å². The molecule has 1 aromatic heterocycles. The Labute approximate surface area is 216 Å². The van der Waals surface area contributed by atoms with Gasteiger partial charge in [0.1, 0.15) is 11.4 Å². The van der Waals surface area contributed by atoms with Gasteiger partial charge in [0.2, 0.25) is 5.75 Å². The fourth-order valence-corrected chi connectivity index (χ4v) is 4.54. The molecule has 1 amide bonds. The number of nitrogens with zero attached hydrogens (tertiary/aromatic N) is 2. The van der Waals surface area contributed by atoms with Crippen LogP contribution in [0.25, 0.3) is 10.9 Å². The van der Waals surface area contributed by atoms with Crippen molar-refractivity contribution in [2.24, 2.45) is 0 Å². The number of amides is 1. The first kappa shape index (κ1) is 25.5. The molecule has 0 aliphatic carbocycles. The predicted molar refractivity (Wildman–Crippen MR) is 129 cm³/mol. The van der Waals surface area contributed by atoms with E-state index in [1.54, 1.807) is 21.3 Å². The van der Waals surface area contributed by atoms with Gasteiger partial charge in [0.15, 0.2) is 11.5 Å². The zero-order valence-electron chi connectivity index (χ0n) is 19.7. The lowest BCUT2D eigenvalue weighted by Crippen LogP contribution is -3.00. The highest BCUT2D eigenvalue weighted by atomic mass is 127. The third-order valence-corrected chi connectivity index (χ3v) is 6.38. The Hall–Kier alpha value is -2.17. The first-order valence-electron chi connectivity index (χ1n) is 10.4. The largest absolute Gasteiger partial charge is 1.00 e. The smallest absolute Gasteiger partial charge is 0.274 e. The maximum Gasteiger partial charge on any atom is 0.274 e. The minimum atomic E-state index is -0.117. The Morgan fingerprint density at radius 2 is 1.79 bits per heavy atom. The molecular formula is C24H29ClIN3O4. The number of aromatic amines is 1. The second kappa shape index (κ2) is 9.60. The molecule has 0 saturated heterocycles. The molecule has 178 valence electrons. The van der Waals surface area contributed by atoms with Gasteiger partial charge in [0.25, 0.3) is 5.91 Å². The monoisotopic (exact) mass is 585 g/mol. The van der Waals surface area contributed by atoms with E-state index < -0.39 is 0 Å². The number of hydrogen-bond acceptors (Lipinski definition) is 4. The van der Waals surface area contributed by atoms with Crippen molar-refractivity contribution in [2.75, 3.05) is 59.8 Å². The van der Waals surface area contributed by atoms with Gasteiger partial charge in [-0.25, -0.2) is 0 Å². The van der Waals surface area contributed by atoms with Crippen molar-refractivity contribution in [3.8, 4) is 17.2 Å². The number of ether oxygens (including phenoxy) is 3. The molecule has 1 aliphatic rings. The standard InChI is InChI=1S/C24H28ClN3O4.HI/c1-28(2,3)16-7-8-17-15(12-25)13-27(19(17)11-16)24(29)18-9-14-10-20(30-4)22(31-5)23(32-6)21(14)26-18;/h7-11,15H,12-13H2,1-6H3;1H. The molecule has 33 heavy (non-hydrogen) atoms. The molecule has 2 heterocycles. The number of benzene rings is 2. The molecule has 9 heteroatoms. The zero-order chi connectivity index (χ0) is 23.2. The first-order chi connectivity index (χ1) is 15.2. The Bertz CT molecular complexity index is 1190. The van der Waals surface area contributed by atoms with Crippen LogP contribution in [0.5, 0.6) is 17.2 Å². The lowest BCUT2D eigenvalue weighted by atomic mass is 10.0. The van der Waals surface area contributed by atoms with Gasteiger partial charge in [0, 0.05) is 29.8 Å². The van der Waals surface area contributed by atoms with Crippen LogP contribution in [0.1, 0.15) is 22.0 Å². The minimum absolute atomic E-state index is 0. The quantitative estimate of drug-likeness (QED) is 0.270. The summed E-state index contributed by atoms with van der Waals surface area (Å²) in [5.41, 5.74) is 4.27. The van der Waals surface area contributed by atoms with E-state index in [1.165, 1.54) is 0 Å². The van der Waals surface area contributed by atoms with E-state index in [1.807, 2.05) is 17.0 Å². The molecule has 1 unspecified atom stereocenters. The van der Waals surface area contributed by atoms with E-state index in [0.29, 0.717) is 45.4 Å². The van der Waals surface area contributed by atoms with Crippen molar-refractivity contribution >= 4 is 39.8 Å². The molecule has 0 bridgehead atoms. The number of H-pyrrole nitrogens is 1. The zero-order valence-corrected chi connectivity index (χ0v) is 22.6. The van der Waals surface area contributed by atoms with Crippen LogP contribution in [-0.4, -0.2) is 65.8 Å². The highest BCUT2D eigenvalue weighted by Gasteiger charge is 2.35. The van der Waals surface area contributed by atoms with Crippen LogP contribution in [0.2, 0.25) is 0 Å². The van der Waals surface area contributed by atoms with E-state index in [9.17, 15) is 4.79 Å². The van der Waals surface area contributed by atoms with Gasteiger partial charge in [-0.05, 0) is 23.8 Å². The van der Waals surface area contributed by atoms with Crippen molar-refractivity contribution < 1.29 is 43.0 Å². The lowest BCUT2D eigenvalue weighted by molar-refractivity contribution is -0.0000149. The molecule has 1 aliphatic heterocycles. The number of hydrogen-bond donors (Lipinski definition) is 1. The van der Waals surface area contributed by atoms with E-state index in [2.05, 4.69) is 44.3 Å². The first-order valence-corrected chi connectivity index (χ1v) is 10.9. The predicted octanol–water partition coefficient (Wildman–Crippen LogP) is 1.38. The van der Waals surface area contributed by atoms with Crippen LogP contribution < -0.4 is 47.6 Å². The van der Waals surface area contributed by atoms with E-state index in [0.717, 1.165) is 22.3 Å². The second-order valence-electron chi connectivity index (χ2n) is 8.82. The highest BCUT2D eigenvalue weighted by molar-refractivity contribution is 6.19. The second-order valence-corrected chi connectivity index (χ2v) is 9.12. The number of anilines is 1. The maximum absolute atomic E-state index is 13.7. The SMILES string of the molecule is COc1cc2cc(C(=O)N3CC(CCl)c4ccc([N+](C)(C)C)cc43)[nH]c2c(OC)c1OC.[I-]. The number of quaternary nitrogens is 1. The Balaban J connectivity index is 0.00000306. The number of nitrogens with one attached hydrogen (secondary N) is 1. The molecule has 3 aromatic rings. The van der Waals surface area contributed by atoms with Crippen molar-refractivity contribution in [3.63, 3.8) is 0 Å². The molecule has 1 N–H and O–H groups in total. The number of carbonyl (C=O) groups is 1. The average molecular weight is 586 g/mol. The summed E-state index contributed by atoms with van der Waals surface area (Å²) in [7, 11) is 11.0. The van der Waals surface area contributed by atoms with Crippen LogP contribution in [0.15, 0.2) is 30.3 Å². The summed E-state index contributed by atoms with van der Waals surface area (Å²) in [4.78, 5) is 18.7. The van der Waals surface area contributed by atoms with Gasteiger partial charge in [-0.3, -0.25) is 9.28 Å². The minimum Gasteiger partial charge on any atom is -1.00 e. The lowest BCUT2D eigenvalue weighted by Gasteiger charge is -2.25. The van der Waals surface area contributed by atoms with Gasteiger partial charge in [-0.15, -0.1) is 11.6 Å². The number of alkyl halides is 1. The summed E-state index contributed by atoms with van der Waals surface area (Å²) in [5, 5.41) is 0.802. The van der Waals surface area contributed by atoms with Crippen LogP contribution in [0, 0.1) is 0 Å². The van der Waals surface area contributed by atoms with Gasteiger partial charge in [-0.2, -0.15) is 0 Å². The summed E-state index contributed by atoms with van der Waals surface area (Å²) < 4.78 is 17.2. The fraction of sp³-hybridized carbons (Fsp3) is 0.375. The average Bonchev–Trinajstić information content (AvgIpc) is 3.37. The van der Waals surface area contributed by atoms with Crippen molar-refractivity contribution in [2.45, 2.75) is 5.92 Å². The molecule has 0 radical (unpaired) electrons. The van der Waals surface area contributed by atoms with Crippen LogP contribution in [-0.2, 0) is 0 Å². The van der Waals surface area contributed by atoms with Crippen molar-refractivity contribution in [1.29, 1.82) is 0 Å². The van der Waals surface area contributed by atoms with Crippen LogP contribution >= 0.6 is 11.6 Å². The third-order valence-electron chi connectivity index (χ3n) is 6.00. The number of aromatic nitrogens is 1. The van der Waals surface area contributed by atoms with Gasteiger partial charge in [0.05, 0.1) is 53.7 Å². The molecule has 7 nitrogen and oxygen atoms in total. The summed E-state index contributed by atoms with van der Waals surface area (Å²) in [5.74, 6) is 1.94. The van der Waals surface area contributed by atoms with Crippen LogP contribution in [0.4, 0.5) is 11.4 Å². The van der Waals surface area contributed by atoms with E-state index >= 15 is 0 Å². The molecule has 2 aromatic carbocycles. The van der Waals surface area contributed by atoms with Crippen LogP contribution in [0.3, 0.4) is 0 Å². The molecular weight excluding hydrogens is 557 g/mol. The maximum atomic E-state index is 13.7. The number of carbonyl (C=O) groups excluding carboxylic acids is 1. The Morgan fingerprint density at radius 1 is 1.09 bits per heavy atom. The topological polar surface area (TPSA) is 63.8 Å². The highest BCUT2D eigenvalue weighted by Crippen LogP contribution is 2.44. The van der Waals surface area contributed by atoms with Crippen molar-refractivity contribution in [3.05, 3.63) is 41.6 Å². The van der Waals surface area contributed by atoms with Gasteiger partial charge in [-0.1, -0.05) is 6.07 Å². The third kappa shape index (κ3) is 4.36. The number of methoxy groups -OCH3 is 3. The molecule has 4 rings (SSSR count). The number of halogens is 2. The Morgan fingerprint density at radius 3 is 2.36 bits per heavy atom. The molecule has 0 spiro atoms. The number of fused-ring (bicyclic) bond motifs is 2. The fourth-order valence-electron chi connectivity index (χ4n) is 4.27. The molecule has 1 atom stereocenters.